The SMILES string of the molecule is CCOC(=O)c1c(C2CC2)csc1NC(=O)c1nc(-c2cccs2)oc1C. The first kappa shape index (κ1) is 17.9. The number of hydrogen-bond acceptors (Lipinski definition) is 7. The molecule has 4 rings (SSSR count). The number of amides is 1. The van der Waals surface area contributed by atoms with Crippen molar-refractivity contribution in [3.8, 4) is 10.8 Å². The Morgan fingerprint density at radius 3 is 2.85 bits per heavy atom. The van der Waals surface area contributed by atoms with Gasteiger partial charge in [0, 0.05) is 0 Å². The van der Waals surface area contributed by atoms with E-state index in [0.29, 0.717) is 34.7 Å². The Morgan fingerprint density at radius 1 is 1.37 bits per heavy atom. The minimum atomic E-state index is -0.396. The predicted octanol–water partition coefficient (Wildman–Crippen LogP) is 5.08. The van der Waals surface area contributed by atoms with Crippen LogP contribution < -0.4 is 5.32 Å². The highest BCUT2D eigenvalue weighted by atomic mass is 32.1. The monoisotopic (exact) mass is 402 g/mol. The number of ether oxygens (including phenoxy) is 1. The summed E-state index contributed by atoms with van der Waals surface area (Å²) in [6.45, 7) is 3.76. The van der Waals surface area contributed by atoms with Crippen LogP contribution in [0.4, 0.5) is 5.00 Å². The van der Waals surface area contributed by atoms with Gasteiger partial charge in [0.05, 0.1) is 17.0 Å². The summed E-state index contributed by atoms with van der Waals surface area (Å²) in [5.74, 6) is 0.446. The molecule has 1 saturated carbocycles. The summed E-state index contributed by atoms with van der Waals surface area (Å²) >= 11 is 2.83. The fourth-order valence-corrected chi connectivity index (χ4v) is 4.52. The van der Waals surface area contributed by atoms with Crippen molar-refractivity contribution < 1.29 is 18.7 Å². The lowest BCUT2D eigenvalue weighted by molar-refractivity contribution is 0.0527. The molecule has 1 aliphatic carbocycles. The van der Waals surface area contributed by atoms with Gasteiger partial charge in [0.25, 0.3) is 5.91 Å². The quantitative estimate of drug-likeness (QED) is 0.582. The molecule has 0 bridgehead atoms. The first-order chi connectivity index (χ1) is 13.1. The zero-order valence-corrected chi connectivity index (χ0v) is 16.5. The van der Waals surface area contributed by atoms with Gasteiger partial charge in [-0.2, -0.15) is 0 Å². The molecule has 1 N–H and O–H groups in total. The number of esters is 1. The Labute approximate surface area is 164 Å². The zero-order valence-electron chi connectivity index (χ0n) is 14.9. The Balaban J connectivity index is 1.61. The van der Waals surface area contributed by atoms with Crippen LogP contribution in [0.5, 0.6) is 0 Å². The van der Waals surface area contributed by atoms with E-state index in [0.717, 1.165) is 23.3 Å². The molecule has 27 heavy (non-hydrogen) atoms. The van der Waals surface area contributed by atoms with E-state index < -0.39 is 11.9 Å². The third kappa shape index (κ3) is 3.54. The van der Waals surface area contributed by atoms with E-state index >= 15 is 0 Å². The van der Waals surface area contributed by atoms with Gasteiger partial charge in [0.15, 0.2) is 5.69 Å². The van der Waals surface area contributed by atoms with Crippen molar-refractivity contribution in [2.45, 2.75) is 32.6 Å². The van der Waals surface area contributed by atoms with Gasteiger partial charge in [-0.15, -0.1) is 22.7 Å². The number of hydrogen-bond donors (Lipinski definition) is 1. The fourth-order valence-electron chi connectivity index (χ4n) is 2.85. The molecule has 8 heteroatoms. The minimum absolute atomic E-state index is 0.217. The molecule has 6 nitrogen and oxygen atoms in total. The van der Waals surface area contributed by atoms with Gasteiger partial charge in [-0.25, -0.2) is 9.78 Å². The van der Waals surface area contributed by atoms with Gasteiger partial charge in [0.2, 0.25) is 5.89 Å². The Morgan fingerprint density at radius 2 is 2.19 bits per heavy atom. The first-order valence-electron chi connectivity index (χ1n) is 8.69. The Bertz CT molecular complexity index is 984. The highest BCUT2D eigenvalue weighted by molar-refractivity contribution is 7.15. The highest BCUT2D eigenvalue weighted by Crippen LogP contribution is 2.46. The summed E-state index contributed by atoms with van der Waals surface area (Å²) < 4.78 is 10.8. The van der Waals surface area contributed by atoms with Gasteiger partial charge in [-0.05, 0) is 55.0 Å². The third-order valence-electron chi connectivity index (χ3n) is 4.29. The van der Waals surface area contributed by atoms with Gasteiger partial charge in [-0.1, -0.05) is 6.07 Å². The number of carbonyl (C=O) groups excluding carboxylic acids is 2. The molecule has 0 aliphatic heterocycles. The van der Waals surface area contributed by atoms with Crippen molar-refractivity contribution in [3.63, 3.8) is 0 Å². The molecule has 1 amide bonds. The van der Waals surface area contributed by atoms with Crippen LogP contribution in [0.25, 0.3) is 10.8 Å². The van der Waals surface area contributed by atoms with Gasteiger partial charge in [-0.3, -0.25) is 4.79 Å². The lowest BCUT2D eigenvalue weighted by atomic mass is 10.1. The number of oxazole rings is 1. The largest absolute Gasteiger partial charge is 0.462 e. The van der Waals surface area contributed by atoms with Crippen molar-refractivity contribution in [3.05, 3.63) is 45.5 Å². The van der Waals surface area contributed by atoms with Crippen LogP contribution in [0.15, 0.2) is 27.3 Å². The van der Waals surface area contributed by atoms with E-state index in [1.165, 1.54) is 22.7 Å². The smallest absolute Gasteiger partial charge is 0.341 e. The number of anilines is 1. The standard InChI is InChI=1S/C19H18N2O4S2/c1-3-24-19(23)14-12(11-6-7-11)9-27-18(14)21-16(22)15-10(2)25-17(20-15)13-5-4-8-26-13/h4-5,8-9,11H,3,6-7H2,1-2H3,(H,21,22). The van der Waals surface area contributed by atoms with Crippen LogP contribution in [-0.2, 0) is 4.74 Å². The van der Waals surface area contributed by atoms with Crippen molar-refractivity contribution in [2.75, 3.05) is 11.9 Å². The van der Waals surface area contributed by atoms with Gasteiger partial charge < -0.3 is 14.5 Å². The summed E-state index contributed by atoms with van der Waals surface area (Å²) in [6, 6.07) is 3.79. The molecule has 0 spiro atoms. The number of carbonyl (C=O) groups is 2. The van der Waals surface area contributed by atoms with E-state index in [9.17, 15) is 9.59 Å². The number of thiophene rings is 2. The molecule has 140 valence electrons. The average molecular weight is 402 g/mol. The fraction of sp³-hybridized carbons (Fsp3) is 0.316. The zero-order chi connectivity index (χ0) is 19.0. The van der Waals surface area contributed by atoms with Crippen molar-refractivity contribution in [1.82, 2.24) is 4.98 Å². The number of rotatable bonds is 6. The van der Waals surface area contributed by atoms with E-state index in [1.807, 2.05) is 22.9 Å². The maximum Gasteiger partial charge on any atom is 0.341 e. The summed E-state index contributed by atoms with van der Waals surface area (Å²) in [5, 5.41) is 7.19. The van der Waals surface area contributed by atoms with Crippen LogP contribution in [0.1, 0.15) is 57.9 Å². The molecule has 3 aromatic heterocycles. The number of aromatic nitrogens is 1. The predicted molar refractivity (Wildman–Crippen MR) is 105 cm³/mol. The summed E-state index contributed by atoms with van der Waals surface area (Å²) in [6.07, 6.45) is 2.12. The molecule has 0 saturated heterocycles. The van der Waals surface area contributed by atoms with E-state index in [1.54, 1.807) is 13.8 Å². The molecule has 0 atom stereocenters. The first-order valence-corrected chi connectivity index (χ1v) is 10.5. The second kappa shape index (κ2) is 7.28. The van der Waals surface area contributed by atoms with Crippen LogP contribution in [0.3, 0.4) is 0 Å². The molecule has 3 aromatic rings. The van der Waals surface area contributed by atoms with Crippen molar-refractivity contribution in [1.29, 1.82) is 0 Å². The molecule has 1 fully saturated rings. The Hall–Kier alpha value is -2.45. The lowest BCUT2D eigenvalue weighted by Crippen LogP contribution is -2.16. The second-order valence-corrected chi connectivity index (χ2v) is 8.07. The van der Waals surface area contributed by atoms with Crippen LogP contribution in [-0.4, -0.2) is 23.5 Å². The van der Waals surface area contributed by atoms with Crippen LogP contribution >= 0.6 is 22.7 Å². The molecular weight excluding hydrogens is 384 g/mol. The summed E-state index contributed by atoms with van der Waals surface area (Å²) in [5.41, 5.74) is 1.65. The number of nitrogens with zero attached hydrogens (tertiary/aromatic N) is 1. The second-order valence-electron chi connectivity index (χ2n) is 6.25. The van der Waals surface area contributed by atoms with Crippen molar-refractivity contribution >= 4 is 39.6 Å². The topological polar surface area (TPSA) is 81.4 Å². The highest BCUT2D eigenvalue weighted by Gasteiger charge is 2.33. The summed E-state index contributed by atoms with van der Waals surface area (Å²) in [4.78, 5) is 30.4. The molecular formula is C19H18N2O4S2. The molecule has 0 aromatic carbocycles. The van der Waals surface area contributed by atoms with Gasteiger partial charge >= 0.3 is 5.97 Å². The molecule has 0 unspecified atom stereocenters. The van der Waals surface area contributed by atoms with Gasteiger partial charge in [0.1, 0.15) is 10.8 Å². The van der Waals surface area contributed by atoms with Crippen LogP contribution in [0, 0.1) is 6.92 Å². The molecule has 3 heterocycles. The van der Waals surface area contributed by atoms with E-state index in [2.05, 4.69) is 10.3 Å². The third-order valence-corrected chi connectivity index (χ3v) is 6.06. The Kier molecular flexibility index (Phi) is 4.84. The lowest BCUT2D eigenvalue weighted by Gasteiger charge is -2.07. The van der Waals surface area contributed by atoms with Crippen LogP contribution in [0.2, 0.25) is 0 Å². The average Bonchev–Trinajstić information content (AvgIpc) is 3.05. The normalized spacial score (nSPS) is 13.6. The maximum atomic E-state index is 12.8. The van der Waals surface area contributed by atoms with E-state index in [4.69, 9.17) is 9.15 Å². The van der Waals surface area contributed by atoms with Crippen molar-refractivity contribution in [2.24, 2.45) is 0 Å². The van der Waals surface area contributed by atoms with E-state index in [-0.39, 0.29) is 5.69 Å². The minimum Gasteiger partial charge on any atom is -0.462 e. The molecule has 1 aliphatic rings. The maximum absolute atomic E-state index is 12.8. The summed E-state index contributed by atoms with van der Waals surface area (Å²) in [7, 11) is 0. The number of nitrogens with one attached hydrogen (secondary N) is 1. The number of aryl methyl sites for hydroxylation is 1. The molecule has 0 radical (unpaired) electrons.